The molecular formula is C13H19N3O2. The van der Waals surface area contributed by atoms with E-state index in [0.717, 1.165) is 18.7 Å². The van der Waals surface area contributed by atoms with Gasteiger partial charge in [0.05, 0.1) is 4.92 Å². The Morgan fingerprint density at radius 1 is 1.61 bits per heavy atom. The summed E-state index contributed by atoms with van der Waals surface area (Å²) in [4.78, 5) is 10.4. The Kier molecular flexibility index (Phi) is 4.28. The SMILES string of the molecule is CC(NCC1CCCN1)c1cccc([N+](=O)[O-])c1. The van der Waals surface area contributed by atoms with Gasteiger partial charge in [0, 0.05) is 30.8 Å². The molecule has 2 atom stereocenters. The van der Waals surface area contributed by atoms with E-state index >= 15 is 0 Å². The summed E-state index contributed by atoms with van der Waals surface area (Å²) < 4.78 is 0. The lowest BCUT2D eigenvalue weighted by molar-refractivity contribution is -0.384. The molecular weight excluding hydrogens is 230 g/mol. The second-order valence-corrected chi connectivity index (χ2v) is 4.78. The fourth-order valence-electron chi connectivity index (χ4n) is 2.28. The van der Waals surface area contributed by atoms with Crippen LogP contribution in [-0.2, 0) is 0 Å². The van der Waals surface area contributed by atoms with Crippen molar-refractivity contribution in [3.05, 3.63) is 39.9 Å². The molecule has 0 radical (unpaired) electrons. The molecule has 18 heavy (non-hydrogen) atoms. The Balaban J connectivity index is 1.93. The Morgan fingerprint density at radius 2 is 2.44 bits per heavy atom. The first-order valence-corrected chi connectivity index (χ1v) is 6.38. The average Bonchev–Trinajstić information content (AvgIpc) is 2.89. The first-order valence-electron chi connectivity index (χ1n) is 6.38. The summed E-state index contributed by atoms with van der Waals surface area (Å²) in [7, 11) is 0. The third-order valence-electron chi connectivity index (χ3n) is 3.41. The van der Waals surface area contributed by atoms with Crippen LogP contribution in [0.4, 0.5) is 5.69 Å². The Morgan fingerprint density at radius 3 is 3.11 bits per heavy atom. The molecule has 2 unspecified atom stereocenters. The van der Waals surface area contributed by atoms with Crippen LogP contribution in [0.1, 0.15) is 31.4 Å². The van der Waals surface area contributed by atoms with Crippen LogP contribution < -0.4 is 10.6 Å². The molecule has 0 aliphatic carbocycles. The normalized spacial score (nSPS) is 20.8. The number of rotatable bonds is 5. The molecule has 1 aliphatic rings. The molecule has 1 aliphatic heterocycles. The Hall–Kier alpha value is -1.46. The lowest BCUT2D eigenvalue weighted by atomic mass is 10.1. The minimum atomic E-state index is -0.352. The van der Waals surface area contributed by atoms with Crippen molar-refractivity contribution in [3.8, 4) is 0 Å². The zero-order chi connectivity index (χ0) is 13.0. The van der Waals surface area contributed by atoms with E-state index in [4.69, 9.17) is 0 Å². The average molecular weight is 249 g/mol. The van der Waals surface area contributed by atoms with Gasteiger partial charge in [0.15, 0.2) is 0 Å². The fraction of sp³-hybridized carbons (Fsp3) is 0.538. The van der Waals surface area contributed by atoms with Gasteiger partial charge in [-0.3, -0.25) is 10.1 Å². The van der Waals surface area contributed by atoms with Gasteiger partial charge in [-0.05, 0) is 31.9 Å². The van der Waals surface area contributed by atoms with Crippen LogP contribution in [0.3, 0.4) is 0 Å². The number of hydrogen-bond acceptors (Lipinski definition) is 4. The minimum absolute atomic E-state index is 0.132. The van der Waals surface area contributed by atoms with E-state index in [-0.39, 0.29) is 16.7 Å². The largest absolute Gasteiger partial charge is 0.313 e. The first kappa shape index (κ1) is 13.0. The third kappa shape index (κ3) is 3.27. The number of nitrogens with one attached hydrogen (secondary N) is 2. The molecule has 1 fully saturated rings. The molecule has 2 N–H and O–H groups in total. The molecule has 1 aromatic rings. The summed E-state index contributed by atoms with van der Waals surface area (Å²) in [6, 6.07) is 7.49. The predicted molar refractivity (Wildman–Crippen MR) is 70.5 cm³/mol. The Bertz CT molecular complexity index is 416. The molecule has 5 heteroatoms. The maximum Gasteiger partial charge on any atom is 0.269 e. The van der Waals surface area contributed by atoms with Gasteiger partial charge in [0.25, 0.3) is 5.69 Å². The van der Waals surface area contributed by atoms with Crippen LogP contribution in [0, 0.1) is 10.1 Å². The minimum Gasteiger partial charge on any atom is -0.313 e. The summed E-state index contributed by atoms with van der Waals surface area (Å²) in [5.74, 6) is 0. The second kappa shape index (κ2) is 5.93. The summed E-state index contributed by atoms with van der Waals surface area (Å²) >= 11 is 0. The highest BCUT2D eigenvalue weighted by Gasteiger charge is 2.16. The number of nitro benzene ring substituents is 1. The monoisotopic (exact) mass is 249 g/mol. The molecule has 0 bridgehead atoms. The van der Waals surface area contributed by atoms with Crippen LogP contribution in [0.25, 0.3) is 0 Å². The number of hydrogen-bond donors (Lipinski definition) is 2. The van der Waals surface area contributed by atoms with Gasteiger partial charge >= 0.3 is 0 Å². The standard InChI is InChI=1S/C13H19N3O2/c1-10(15-9-12-5-3-7-14-12)11-4-2-6-13(8-11)16(17)18/h2,4,6,8,10,12,14-15H,3,5,7,9H2,1H3. The van der Waals surface area contributed by atoms with E-state index in [2.05, 4.69) is 10.6 Å². The van der Waals surface area contributed by atoms with Crippen molar-refractivity contribution in [2.24, 2.45) is 0 Å². The number of non-ortho nitro benzene ring substituents is 1. The van der Waals surface area contributed by atoms with Crippen LogP contribution in [0.5, 0.6) is 0 Å². The molecule has 98 valence electrons. The van der Waals surface area contributed by atoms with Crippen molar-refractivity contribution >= 4 is 5.69 Å². The number of nitrogens with zero attached hydrogens (tertiary/aromatic N) is 1. The Labute approximate surface area is 107 Å². The van der Waals surface area contributed by atoms with Gasteiger partial charge < -0.3 is 10.6 Å². The molecule has 1 aromatic carbocycles. The molecule has 5 nitrogen and oxygen atoms in total. The fourth-order valence-corrected chi connectivity index (χ4v) is 2.28. The van der Waals surface area contributed by atoms with Crippen molar-refractivity contribution in [2.75, 3.05) is 13.1 Å². The van der Waals surface area contributed by atoms with E-state index in [1.165, 1.54) is 18.9 Å². The lowest BCUT2D eigenvalue weighted by Crippen LogP contribution is -2.35. The van der Waals surface area contributed by atoms with Gasteiger partial charge in [-0.15, -0.1) is 0 Å². The van der Waals surface area contributed by atoms with E-state index in [1.807, 2.05) is 13.0 Å². The first-order chi connectivity index (χ1) is 8.66. The molecule has 1 saturated heterocycles. The maximum absolute atomic E-state index is 10.7. The number of nitro groups is 1. The smallest absolute Gasteiger partial charge is 0.269 e. The van der Waals surface area contributed by atoms with Crippen LogP contribution in [0.15, 0.2) is 24.3 Å². The topological polar surface area (TPSA) is 67.2 Å². The van der Waals surface area contributed by atoms with Crippen molar-refractivity contribution in [1.82, 2.24) is 10.6 Å². The highest BCUT2D eigenvalue weighted by molar-refractivity contribution is 5.35. The summed E-state index contributed by atoms with van der Waals surface area (Å²) in [5.41, 5.74) is 1.11. The van der Waals surface area contributed by atoms with Gasteiger partial charge in [0.2, 0.25) is 0 Å². The zero-order valence-corrected chi connectivity index (χ0v) is 10.6. The summed E-state index contributed by atoms with van der Waals surface area (Å²) in [6.45, 7) is 4.04. The van der Waals surface area contributed by atoms with E-state index in [9.17, 15) is 10.1 Å². The molecule has 0 saturated carbocycles. The summed E-state index contributed by atoms with van der Waals surface area (Å²) in [6.07, 6.45) is 2.44. The van der Waals surface area contributed by atoms with Crippen molar-refractivity contribution in [1.29, 1.82) is 0 Å². The summed E-state index contributed by atoms with van der Waals surface area (Å²) in [5, 5.41) is 17.6. The van der Waals surface area contributed by atoms with Crippen LogP contribution in [-0.4, -0.2) is 24.1 Å². The van der Waals surface area contributed by atoms with Gasteiger partial charge in [-0.25, -0.2) is 0 Å². The van der Waals surface area contributed by atoms with Crippen molar-refractivity contribution in [3.63, 3.8) is 0 Å². The van der Waals surface area contributed by atoms with Gasteiger partial charge in [0.1, 0.15) is 0 Å². The van der Waals surface area contributed by atoms with Gasteiger partial charge in [-0.1, -0.05) is 12.1 Å². The number of benzene rings is 1. The second-order valence-electron chi connectivity index (χ2n) is 4.78. The van der Waals surface area contributed by atoms with E-state index < -0.39 is 0 Å². The molecule has 0 amide bonds. The highest BCUT2D eigenvalue weighted by atomic mass is 16.6. The van der Waals surface area contributed by atoms with Crippen molar-refractivity contribution in [2.45, 2.75) is 31.8 Å². The van der Waals surface area contributed by atoms with E-state index in [1.54, 1.807) is 12.1 Å². The lowest BCUT2D eigenvalue weighted by Gasteiger charge is -2.17. The third-order valence-corrected chi connectivity index (χ3v) is 3.41. The zero-order valence-electron chi connectivity index (χ0n) is 10.6. The molecule has 2 rings (SSSR count). The van der Waals surface area contributed by atoms with Crippen molar-refractivity contribution < 1.29 is 4.92 Å². The maximum atomic E-state index is 10.7. The predicted octanol–water partition coefficient (Wildman–Crippen LogP) is 2.00. The van der Waals surface area contributed by atoms with Crippen LogP contribution >= 0.6 is 0 Å². The van der Waals surface area contributed by atoms with E-state index in [0.29, 0.717) is 6.04 Å². The molecule has 0 spiro atoms. The van der Waals surface area contributed by atoms with Crippen LogP contribution in [0.2, 0.25) is 0 Å². The van der Waals surface area contributed by atoms with Gasteiger partial charge in [-0.2, -0.15) is 0 Å². The highest BCUT2D eigenvalue weighted by Crippen LogP contribution is 2.19. The molecule has 0 aromatic heterocycles. The molecule has 1 heterocycles. The quantitative estimate of drug-likeness (QED) is 0.618.